The first-order chi connectivity index (χ1) is 9.31. The molecule has 2 atom stereocenters. The second-order valence-corrected chi connectivity index (χ2v) is 4.63. The lowest BCUT2D eigenvalue weighted by Crippen LogP contribution is -2.37. The van der Waals surface area contributed by atoms with Gasteiger partial charge in [-0.1, -0.05) is 20.8 Å². The maximum absolute atomic E-state index is 4.17. The van der Waals surface area contributed by atoms with E-state index >= 15 is 0 Å². The molecule has 19 heavy (non-hydrogen) atoms. The Balaban J connectivity index is 2.26. The molecule has 0 bridgehead atoms. The first kappa shape index (κ1) is 13.8. The van der Waals surface area contributed by atoms with Gasteiger partial charge in [0, 0.05) is 24.8 Å². The van der Waals surface area contributed by atoms with E-state index in [0.29, 0.717) is 12.3 Å². The first-order valence-corrected chi connectivity index (χ1v) is 7.02. The van der Waals surface area contributed by atoms with Crippen LogP contribution in [0.1, 0.15) is 45.9 Å². The largest absolute Gasteiger partial charge is 0.321 e. The highest BCUT2D eigenvalue weighted by Gasteiger charge is 2.24. The second-order valence-electron chi connectivity index (χ2n) is 4.63. The van der Waals surface area contributed by atoms with Crippen LogP contribution in [0.4, 0.5) is 0 Å². The lowest BCUT2D eigenvalue weighted by Gasteiger charge is -2.37. The molecule has 2 aromatic rings. The lowest BCUT2D eigenvalue weighted by atomic mass is 10.2. The average Bonchev–Trinajstić information content (AvgIpc) is 3.11. The minimum absolute atomic E-state index is 0.333. The smallest absolute Gasteiger partial charge is 0.0959 e. The monoisotopic (exact) mass is 261 g/mol. The number of nitrogens with zero attached hydrogens (tertiary/aromatic N) is 5. The van der Waals surface area contributed by atoms with Crippen molar-refractivity contribution in [2.24, 2.45) is 0 Å². The van der Waals surface area contributed by atoms with Crippen molar-refractivity contribution in [3.05, 3.63) is 37.4 Å². The second kappa shape index (κ2) is 6.52. The molecule has 2 heterocycles. The molecule has 0 fully saturated rings. The van der Waals surface area contributed by atoms with Crippen molar-refractivity contribution < 1.29 is 0 Å². The zero-order valence-corrected chi connectivity index (χ0v) is 12.0. The van der Waals surface area contributed by atoms with Crippen LogP contribution in [0.15, 0.2) is 37.4 Å². The first-order valence-electron chi connectivity index (χ1n) is 7.02. The molecule has 0 amide bonds. The third-order valence-corrected chi connectivity index (χ3v) is 3.60. The quantitative estimate of drug-likeness (QED) is 0.769. The summed E-state index contributed by atoms with van der Waals surface area (Å²) in [6.45, 7) is 7.63. The number of imidazole rings is 2. The van der Waals surface area contributed by atoms with Crippen molar-refractivity contribution in [3.8, 4) is 0 Å². The van der Waals surface area contributed by atoms with E-state index in [-0.39, 0.29) is 0 Å². The van der Waals surface area contributed by atoms with Crippen molar-refractivity contribution in [1.82, 2.24) is 24.0 Å². The normalized spacial score (nSPS) is 14.7. The van der Waals surface area contributed by atoms with Gasteiger partial charge in [-0.15, -0.1) is 0 Å². The highest BCUT2D eigenvalue weighted by molar-refractivity contribution is 4.85. The van der Waals surface area contributed by atoms with Crippen molar-refractivity contribution in [1.29, 1.82) is 0 Å². The van der Waals surface area contributed by atoms with Crippen LogP contribution in [0.3, 0.4) is 0 Å². The molecular weight excluding hydrogens is 238 g/mol. The van der Waals surface area contributed by atoms with Gasteiger partial charge in [-0.2, -0.15) is 0 Å². The molecule has 0 aromatic carbocycles. The van der Waals surface area contributed by atoms with E-state index in [1.54, 1.807) is 0 Å². The van der Waals surface area contributed by atoms with Crippen LogP contribution in [-0.4, -0.2) is 30.5 Å². The van der Waals surface area contributed by atoms with E-state index < -0.39 is 0 Å². The Bertz CT molecular complexity index is 406. The van der Waals surface area contributed by atoms with E-state index in [9.17, 15) is 0 Å². The molecule has 0 radical (unpaired) electrons. The van der Waals surface area contributed by atoms with E-state index in [2.05, 4.69) is 44.8 Å². The summed E-state index contributed by atoms with van der Waals surface area (Å²) in [6, 6.07) is 0. The van der Waals surface area contributed by atoms with Crippen molar-refractivity contribution in [2.75, 3.05) is 6.54 Å². The summed E-state index contributed by atoms with van der Waals surface area (Å²) in [4.78, 5) is 10.8. The molecule has 5 nitrogen and oxygen atoms in total. The Hall–Kier alpha value is -1.62. The molecule has 0 spiro atoms. The molecule has 0 N–H and O–H groups in total. The van der Waals surface area contributed by atoms with E-state index in [1.165, 1.54) is 0 Å². The predicted molar refractivity (Wildman–Crippen MR) is 75.5 cm³/mol. The van der Waals surface area contributed by atoms with Gasteiger partial charge in [0.1, 0.15) is 0 Å². The van der Waals surface area contributed by atoms with Gasteiger partial charge >= 0.3 is 0 Å². The van der Waals surface area contributed by atoms with Crippen molar-refractivity contribution in [3.63, 3.8) is 0 Å². The molecule has 104 valence electrons. The van der Waals surface area contributed by atoms with Crippen LogP contribution in [0, 0.1) is 0 Å². The summed E-state index contributed by atoms with van der Waals surface area (Å²) in [5.41, 5.74) is 0. The molecule has 0 saturated heterocycles. The standard InChI is InChI=1S/C14H23N5/c1-4-13(17-9-7-15-11-17)19(6-3)14(5-2)18-10-8-16-12-18/h7-14H,4-6H2,1-3H3. The summed E-state index contributed by atoms with van der Waals surface area (Å²) < 4.78 is 4.37. The van der Waals surface area contributed by atoms with Gasteiger partial charge in [0.05, 0.1) is 25.0 Å². The molecule has 0 saturated carbocycles. The maximum atomic E-state index is 4.17. The molecule has 2 rings (SSSR count). The zero-order valence-electron chi connectivity index (χ0n) is 12.0. The fourth-order valence-electron chi connectivity index (χ4n) is 2.74. The van der Waals surface area contributed by atoms with E-state index in [1.807, 2.05) is 37.4 Å². The fraction of sp³-hybridized carbons (Fsp3) is 0.571. The Morgan fingerprint density at radius 3 is 1.63 bits per heavy atom. The highest BCUT2D eigenvalue weighted by Crippen LogP contribution is 2.27. The maximum Gasteiger partial charge on any atom is 0.0959 e. The number of aromatic nitrogens is 4. The average molecular weight is 261 g/mol. The molecular formula is C14H23N5. The van der Waals surface area contributed by atoms with Gasteiger partial charge in [-0.3, -0.25) is 4.90 Å². The van der Waals surface area contributed by atoms with Crippen molar-refractivity contribution in [2.45, 2.75) is 45.9 Å². The minimum Gasteiger partial charge on any atom is -0.321 e. The summed E-state index contributed by atoms with van der Waals surface area (Å²) >= 11 is 0. The molecule has 5 heteroatoms. The van der Waals surface area contributed by atoms with Gasteiger partial charge < -0.3 is 9.13 Å². The van der Waals surface area contributed by atoms with Crippen LogP contribution in [0.25, 0.3) is 0 Å². The molecule has 0 aliphatic rings. The van der Waals surface area contributed by atoms with Gasteiger partial charge in [0.15, 0.2) is 0 Å². The summed E-state index contributed by atoms with van der Waals surface area (Å²) in [5.74, 6) is 0. The number of rotatable bonds is 7. The van der Waals surface area contributed by atoms with Crippen LogP contribution >= 0.6 is 0 Å². The molecule has 0 aliphatic carbocycles. The zero-order chi connectivity index (χ0) is 13.7. The van der Waals surface area contributed by atoms with Crippen LogP contribution in [-0.2, 0) is 0 Å². The molecule has 0 aliphatic heterocycles. The SMILES string of the molecule is CCC(N(CC)C(CC)n1ccnc1)n1ccnc1. The number of hydrogen-bond donors (Lipinski definition) is 0. The Morgan fingerprint density at radius 1 is 0.895 bits per heavy atom. The van der Waals surface area contributed by atoms with Gasteiger partial charge in [-0.25, -0.2) is 9.97 Å². The summed E-state index contributed by atoms with van der Waals surface area (Å²) in [5, 5.41) is 0. The van der Waals surface area contributed by atoms with Gasteiger partial charge in [0.2, 0.25) is 0 Å². The number of hydrogen-bond acceptors (Lipinski definition) is 3. The van der Waals surface area contributed by atoms with Gasteiger partial charge in [0.25, 0.3) is 0 Å². The highest BCUT2D eigenvalue weighted by atomic mass is 15.4. The van der Waals surface area contributed by atoms with Crippen LogP contribution in [0.2, 0.25) is 0 Å². The third-order valence-electron chi connectivity index (χ3n) is 3.60. The fourth-order valence-corrected chi connectivity index (χ4v) is 2.74. The Morgan fingerprint density at radius 2 is 1.37 bits per heavy atom. The molecule has 2 unspecified atom stereocenters. The summed E-state index contributed by atoms with van der Waals surface area (Å²) in [6.07, 6.45) is 14.3. The van der Waals surface area contributed by atoms with E-state index in [4.69, 9.17) is 0 Å². The van der Waals surface area contributed by atoms with E-state index in [0.717, 1.165) is 19.4 Å². The molecule has 2 aromatic heterocycles. The Labute approximate surface area is 114 Å². The summed E-state index contributed by atoms with van der Waals surface area (Å²) in [7, 11) is 0. The predicted octanol–water partition coefficient (Wildman–Crippen LogP) is 2.92. The van der Waals surface area contributed by atoms with Gasteiger partial charge in [-0.05, 0) is 19.4 Å². The minimum atomic E-state index is 0.333. The van der Waals surface area contributed by atoms with Crippen LogP contribution < -0.4 is 0 Å². The van der Waals surface area contributed by atoms with Crippen molar-refractivity contribution >= 4 is 0 Å². The van der Waals surface area contributed by atoms with Crippen LogP contribution in [0.5, 0.6) is 0 Å². The Kier molecular flexibility index (Phi) is 4.74. The third kappa shape index (κ3) is 2.87. The lowest BCUT2D eigenvalue weighted by molar-refractivity contribution is 0.0461. The topological polar surface area (TPSA) is 38.9 Å².